The topological polar surface area (TPSA) is 9.86 Å². The molecule has 0 saturated heterocycles. The molecule has 10 aromatic rings. The molecular formula is C48H31FN2. The van der Waals surface area contributed by atoms with Gasteiger partial charge in [-0.3, -0.25) is 0 Å². The van der Waals surface area contributed by atoms with Gasteiger partial charge in [0.1, 0.15) is 5.82 Å². The van der Waals surface area contributed by atoms with Gasteiger partial charge in [-0.25, -0.2) is 4.39 Å². The van der Waals surface area contributed by atoms with Crippen molar-refractivity contribution in [1.82, 2.24) is 9.13 Å². The zero-order chi connectivity index (χ0) is 33.9. The lowest BCUT2D eigenvalue weighted by Gasteiger charge is -2.11. The average molecular weight is 655 g/mol. The molecule has 51 heavy (non-hydrogen) atoms. The molecule has 10 rings (SSSR count). The standard InChI is InChI=1S/C48H31FN2/c49-38-20-24-40(25-21-38)51-45-14-8-7-13-41(45)42-26-17-37(31-48(42)51)34-15-22-39(23-16-34)50-46-27-18-35(32-9-3-1-4-10-32)29-43(46)44-30-36(19-28-47(44)50)33-11-5-2-6-12-33/h1-31H. The van der Waals surface area contributed by atoms with Gasteiger partial charge in [0.25, 0.3) is 0 Å². The van der Waals surface area contributed by atoms with Crippen molar-refractivity contribution in [2.45, 2.75) is 0 Å². The van der Waals surface area contributed by atoms with Gasteiger partial charge in [0, 0.05) is 32.9 Å². The van der Waals surface area contributed by atoms with Crippen molar-refractivity contribution in [3.8, 4) is 44.8 Å². The van der Waals surface area contributed by atoms with Crippen LogP contribution in [0.1, 0.15) is 0 Å². The second-order valence-electron chi connectivity index (χ2n) is 13.1. The molecule has 0 spiro atoms. The lowest BCUT2D eigenvalue weighted by atomic mass is 10.0. The van der Waals surface area contributed by atoms with Gasteiger partial charge in [0.05, 0.1) is 22.1 Å². The summed E-state index contributed by atoms with van der Waals surface area (Å²) in [4.78, 5) is 0. The molecule has 0 saturated carbocycles. The van der Waals surface area contributed by atoms with E-state index in [4.69, 9.17) is 0 Å². The molecule has 0 N–H and O–H groups in total. The number of aromatic nitrogens is 2. The van der Waals surface area contributed by atoms with Crippen molar-refractivity contribution in [2.75, 3.05) is 0 Å². The van der Waals surface area contributed by atoms with Crippen LogP contribution in [0, 0.1) is 5.82 Å². The highest BCUT2D eigenvalue weighted by Crippen LogP contribution is 2.39. The monoisotopic (exact) mass is 654 g/mol. The Morgan fingerprint density at radius 1 is 0.275 bits per heavy atom. The van der Waals surface area contributed by atoms with E-state index in [1.54, 1.807) is 0 Å². The van der Waals surface area contributed by atoms with E-state index in [9.17, 15) is 4.39 Å². The SMILES string of the molecule is Fc1ccc(-n2c3ccccc3c3ccc(-c4ccc(-n5c6ccc(-c7ccccc7)cc6c6cc(-c7ccccc7)ccc65)cc4)cc32)cc1. The molecule has 2 nitrogen and oxygen atoms in total. The minimum atomic E-state index is -0.239. The molecule has 0 amide bonds. The van der Waals surface area contributed by atoms with Gasteiger partial charge in [-0.2, -0.15) is 0 Å². The van der Waals surface area contributed by atoms with Crippen molar-refractivity contribution in [1.29, 1.82) is 0 Å². The molecule has 0 radical (unpaired) electrons. The quantitative estimate of drug-likeness (QED) is 0.175. The van der Waals surface area contributed by atoms with Crippen LogP contribution in [0.2, 0.25) is 0 Å². The molecule has 2 aromatic heterocycles. The summed E-state index contributed by atoms with van der Waals surface area (Å²) in [5.74, 6) is -0.239. The third-order valence-electron chi connectivity index (χ3n) is 10.2. The Bertz CT molecular complexity index is 2780. The Balaban J connectivity index is 1.11. The van der Waals surface area contributed by atoms with E-state index in [0.717, 1.165) is 33.5 Å². The normalized spacial score (nSPS) is 11.6. The lowest BCUT2D eigenvalue weighted by Crippen LogP contribution is -1.95. The van der Waals surface area contributed by atoms with Crippen LogP contribution in [0.5, 0.6) is 0 Å². The van der Waals surface area contributed by atoms with Crippen LogP contribution in [-0.4, -0.2) is 9.13 Å². The minimum absolute atomic E-state index is 0.239. The maximum Gasteiger partial charge on any atom is 0.123 e. The van der Waals surface area contributed by atoms with E-state index < -0.39 is 0 Å². The van der Waals surface area contributed by atoms with Crippen LogP contribution in [0.15, 0.2) is 188 Å². The predicted octanol–water partition coefficient (Wildman–Crippen LogP) is 13.0. The van der Waals surface area contributed by atoms with Gasteiger partial charge in [0.2, 0.25) is 0 Å². The second-order valence-corrected chi connectivity index (χ2v) is 13.1. The maximum atomic E-state index is 13.9. The molecule has 0 aliphatic carbocycles. The molecule has 8 aromatic carbocycles. The summed E-state index contributed by atoms with van der Waals surface area (Å²) < 4.78 is 18.5. The molecule has 0 bridgehead atoms. The molecule has 0 aliphatic heterocycles. The third kappa shape index (κ3) is 4.86. The molecule has 2 heterocycles. The van der Waals surface area contributed by atoms with Crippen LogP contribution >= 0.6 is 0 Å². The summed E-state index contributed by atoms with van der Waals surface area (Å²) in [5, 5.41) is 4.81. The summed E-state index contributed by atoms with van der Waals surface area (Å²) >= 11 is 0. The molecule has 0 atom stereocenters. The van der Waals surface area contributed by atoms with Crippen LogP contribution in [0.4, 0.5) is 4.39 Å². The first-order valence-corrected chi connectivity index (χ1v) is 17.3. The predicted molar refractivity (Wildman–Crippen MR) is 211 cm³/mol. The fourth-order valence-electron chi connectivity index (χ4n) is 7.74. The Morgan fingerprint density at radius 3 is 1.29 bits per heavy atom. The Morgan fingerprint density at radius 2 is 0.686 bits per heavy atom. The van der Waals surface area contributed by atoms with Gasteiger partial charge in [-0.15, -0.1) is 0 Å². The Hall–Kier alpha value is -6.71. The number of rotatable bonds is 5. The van der Waals surface area contributed by atoms with Gasteiger partial charge in [-0.1, -0.05) is 115 Å². The summed E-state index contributed by atoms with van der Waals surface area (Å²) in [7, 11) is 0. The van der Waals surface area contributed by atoms with E-state index in [-0.39, 0.29) is 5.82 Å². The summed E-state index contributed by atoms with van der Waals surface area (Å²) in [5.41, 5.74) is 13.7. The zero-order valence-electron chi connectivity index (χ0n) is 27.7. The Labute approximate surface area is 294 Å². The highest BCUT2D eigenvalue weighted by molar-refractivity contribution is 6.12. The van der Waals surface area contributed by atoms with Crippen molar-refractivity contribution < 1.29 is 4.39 Å². The summed E-state index contributed by atoms with van der Waals surface area (Å²) in [6, 6.07) is 65.6. The van der Waals surface area contributed by atoms with E-state index in [2.05, 4.69) is 173 Å². The zero-order valence-corrected chi connectivity index (χ0v) is 27.7. The smallest absolute Gasteiger partial charge is 0.123 e. The van der Waals surface area contributed by atoms with Gasteiger partial charge >= 0.3 is 0 Å². The molecular weight excluding hydrogens is 624 g/mol. The highest BCUT2D eigenvalue weighted by atomic mass is 19.1. The second kappa shape index (κ2) is 11.7. The lowest BCUT2D eigenvalue weighted by molar-refractivity contribution is 0.627. The largest absolute Gasteiger partial charge is 0.309 e. The van der Waals surface area contributed by atoms with E-state index >= 15 is 0 Å². The molecule has 0 unspecified atom stereocenters. The Kier molecular flexibility index (Phi) is 6.71. The van der Waals surface area contributed by atoms with Crippen LogP contribution in [0.25, 0.3) is 88.4 Å². The fraction of sp³-hybridized carbons (Fsp3) is 0. The molecule has 240 valence electrons. The summed E-state index contributed by atoms with van der Waals surface area (Å²) in [6.45, 7) is 0. The number of benzene rings is 8. The van der Waals surface area contributed by atoms with E-state index in [1.807, 2.05) is 12.1 Å². The van der Waals surface area contributed by atoms with Crippen molar-refractivity contribution in [2.24, 2.45) is 0 Å². The number of halogens is 1. The summed E-state index contributed by atoms with van der Waals surface area (Å²) in [6.07, 6.45) is 0. The number of hydrogen-bond donors (Lipinski definition) is 0. The number of nitrogens with zero attached hydrogens (tertiary/aromatic N) is 2. The minimum Gasteiger partial charge on any atom is -0.309 e. The number of para-hydroxylation sites is 1. The van der Waals surface area contributed by atoms with E-state index in [1.165, 1.54) is 67.0 Å². The van der Waals surface area contributed by atoms with Crippen LogP contribution < -0.4 is 0 Å². The first-order valence-electron chi connectivity index (χ1n) is 17.3. The van der Waals surface area contributed by atoms with Crippen LogP contribution in [-0.2, 0) is 0 Å². The first kappa shape index (κ1) is 29.2. The maximum absolute atomic E-state index is 13.9. The van der Waals surface area contributed by atoms with E-state index in [0.29, 0.717) is 0 Å². The van der Waals surface area contributed by atoms with Gasteiger partial charge in [-0.05, 0) is 106 Å². The molecule has 0 fully saturated rings. The third-order valence-corrected chi connectivity index (χ3v) is 10.2. The van der Waals surface area contributed by atoms with Crippen molar-refractivity contribution in [3.05, 3.63) is 194 Å². The number of fused-ring (bicyclic) bond motifs is 6. The molecule has 3 heteroatoms. The van der Waals surface area contributed by atoms with Gasteiger partial charge < -0.3 is 9.13 Å². The van der Waals surface area contributed by atoms with Crippen molar-refractivity contribution in [3.63, 3.8) is 0 Å². The highest BCUT2D eigenvalue weighted by Gasteiger charge is 2.16. The van der Waals surface area contributed by atoms with Crippen LogP contribution in [0.3, 0.4) is 0 Å². The average Bonchev–Trinajstić information content (AvgIpc) is 3.71. The number of hydrogen-bond acceptors (Lipinski definition) is 0. The first-order chi connectivity index (χ1) is 25.2. The van der Waals surface area contributed by atoms with Crippen molar-refractivity contribution >= 4 is 43.6 Å². The fourth-order valence-corrected chi connectivity index (χ4v) is 7.74. The van der Waals surface area contributed by atoms with Gasteiger partial charge in [0.15, 0.2) is 0 Å². The molecule has 0 aliphatic rings.